The molecule has 1 aliphatic rings. The number of carbonyl (C=O) groups is 2. The van der Waals surface area contributed by atoms with Gasteiger partial charge in [0.25, 0.3) is 0 Å². The lowest BCUT2D eigenvalue weighted by Gasteiger charge is -2.18. The van der Waals surface area contributed by atoms with Gasteiger partial charge in [0, 0.05) is 19.3 Å². The van der Waals surface area contributed by atoms with E-state index in [0.717, 1.165) is 0 Å². The van der Waals surface area contributed by atoms with Gasteiger partial charge in [-0.1, -0.05) is 19.6 Å². The standard InChI is InChI=1S/C13H20O2Si/c1-13(11(14)7-8-12(13)15)9-5-6-10-16(2,3)4/h5,7-9H2,1-4H3. The lowest BCUT2D eigenvalue weighted by molar-refractivity contribution is -0.134. The van der Waals surface area contributed by atoms with E-state index in [9.17, 15) is 9.59 Å². The van der Waals surface area contributed by atoms with Crippen molar-refractivity contribution in [2.24, 2.45) is 5.41 Å². The summed E-state index contributed by atoms with van der Waals surface area (Å²) in [5.41, 5.74) is 2.53. The van der Waals surface area contributed by atoms with Crippen molar-refractivity contribution in [3.63, 3.8) is 0 Å². The molecule has 1 aliphatic carbocycles. The summed E-state index contributed by atoms with van der Waals surface area (Å²) >= 11 is 0. The van der Waals surface area contributed by atoms with Crippen molar-refractivity contribution in [3.8, 4) is 11.5 Å². The third kappa shape index (κ3) is 3.05. The maximum absolute atomic E-state index is 11.6. The van der Waals surface area contributed by atoms with Crippen molar-refractivity contribution in [1.82, 2.24) is 0 Å². The Kier molecular flexibility index (Phi) is 3.74. The molecule has 0 aromatic carbocycles. The van der Waals surface area contributed by atoms with E-state index in [-0.39, 0.29) is 11.6 Å². The molecule has 0 bridgehead atoms. The van der Waals surface area contributed by atoms with Crippen LogP contribution in [0.4, 0.5) is 0 Å². The van der Waals surface area contributed by atoms with Crippen LogP contribution in [0.25, 0.3) is 0 Å². The van der Waals surface area contributed by atoms with Crippen LogP contribution in [0.1, 0.15) is 32.6 Å². The van der Waals surface area contributed by atoms with Crippen molar-refractivity contribution >= 4 is 19.6 Å². The second-order valence-electron chi connectivity index (χ2n) is 5.73. The minimum Gasteiger partial charge on any atom is -0.299 e. The highest BCUT2D eigenvalue weighted by molar-refractivity contribution is 6.83. The highest BCUT2D eigenvalue weighted by Gasteiger charge is 2.44. The van der Waals surface area contributed by atoms with E-state index in [1.165, 1.54) is 0 Å². The zero-order valence-electron chi connectivity index (χ0n) is 10.6. The second kappa shape index (κ2) is 4.55. The van der Waals surface area contributed by atoms with E-state index in [4.69, 9.17) is 0 Å². The Morgan fingerprint density at radius 2 is 1.69 bits per heavy atom. The maximum atomic E-state index is 11.6. The van der Waals surface area contributed by atoms with Crippen LogP contribution in [-0.2, 0) is 9.59 Å². The molecular formula is C13H20O2Si. The number of ketones is 2. The molecule has 0 unspecified atom stereocenters. The summed E-state index contributed by atoms with van der Waals surface area (Å²) in [6.45, 7) is 8.34. The van der Waals surface area contributed by atoms with Crippen LogP contribution in [0.2, 0.25) is 19.6 Å². The normalized spacial score (nSPS) is 19.5. The van der Waals surface area contributed by atoms with Crippen molar-refractivity contribution in [2.75, 3.05) is 0 Å². The molecule has 0 spiro atoms. The minimum atomic E-state index is -1.32. The molecule has 2 nitrogen and oxygen atoms in total. The zero-order valence-corrected chi connectivity index (χ0v) is 11.6. The van der Waals surface area contributed by atoms with Gasteiger partial charge in [0.2, 0.25) is 0 Å². The third-order valence-corrected chi connectivity index (χ3v) is 3.95. The van der Waals surface area contributed by atoms with Gasteiger partial charge in [0.05, 0.1) is 5.41 Å². The molecule has 3 heteroatoms. The number of carbonyl (C=O) groups excluding carboxylic acids is 2. The Morgan fingerprint density at radius 3 is 2.12 bits per heavy atom. The van der Waals surface area contributed by atoms with Crippen LogP contribution in [-0.4, -0.2) is 19.6 Å². The lowest BCUT2D eigenvalue weighted by Crippen LogP contribution is -2.28. The van der Waals surface area contributed by atoms with E-state index < -0.39 is 13.5 Å². The van der Waals surface area contributed by atoms with Gasteiger partial charge >= 0.3 is 0 Å². The molecule has 0 saturated heterocycles. The first-order valence-electron chi connectivity index (χ1n) is 5.82. The smallest absolute Gasteiger partial charge is 0.146 e. The largest absolute Gasteiger partial charge is 0.299 e. The number of hydrogen-bond donors (Lipinski definition) is 0. The fourth-order valence-electron chi connectivity index (χ4n) is 1.85. The van der Waals surface area contributed by atoms with Gasteiger partial charge in [-0.25, -0.2) is 0 Å². The van der Waals surface area contributed by atoms with Crippen molar-refractivity contribution < 1.29 is 9.59 Å². The Bertz CT molecular complexity index is 350. The van der Waals surface area contributed by atoms with Crippen molar-refractivity contribution in [3.05, 3.63) is 0 Å². The topological polar surface area (TPSA) is 34.1 Å². The predicted octanol–water partition coefficient (Wildman–Crippen LogP) is 2.59. The van der Waals surface area contributed by atoms with Crippen LogP contribution < -0.4 is 0 Å². The molecule has 1 saturated carbocycles. The molecule has 0 aromatic heterocycles. The summed E-state index contributed by atoms with van der Waals surface area (Å²) in [6, 6.07) is 0. The van der Waals surface area contributed by atoms with Crippen LogP contribution in [0, 0.1) is 16.9 Å². The summed E-state index contributed by atoms with van der Waals surface area (Å²) < 4.78 is 0. The fraction of sp³-hybridized carbons (Fsp3) is 0.692. The highest BCUT2D eigenvalue weighted by atomic mass is 28.3. The van der Waals surface area contributed by atoms with Crippen LogP contribution >= 0.6 is 0 Å². The first-order valence-corrected chi connectivity index (χ1v) is 9.32. The highest BCUT2D eigenvalue weighted by Crippen LogP contribution is 2.35. The average molecular weight is 236 g/mol. The summed E-state index contributed by atoms with van der Waals surface area (Å²) in [7, 11) is -1.32. The Morgan fingerprint density at radius 1 is 1.19 bits per heavy atom. The fourth-order valence-corrected chi connectivity index (χ4v) is 2.51. The molecule has 88 valence electrons. The Balaban J connectivity index is 2.57. The van der Waals surface area contributed by atoms with E-state index in [1.807, 2.05) is 0 Å². The molecule has 0 amide bonds. The quantitative estimate of drug-likeness (QED) is 0.419. The van der Waals surface area contributed by atoms with Crippen LogP contribution in [0.3, 0.4) is 0 Å². The molecule has 0 aliphatic heterocycles. The predicted molar refractivity (Wildman–Crippen MR) is 67.7 cm³/mol. The first kappa shape index (κ1) is 13.2. The van der Waals surface area contributed by atoms with E-state index in [2.05, 4.69) is 31.1 Å². The number of rotatable bonds is 2. The summed E-state index contributed by atoms with van der Waals surface area (Å²) in [5, 5.41) is 0. The van der Waals surface area contributed by atoms with Gasteiger partial charge in [-0.3, -0.25) is 9.59 Å². The van der Waals surface area contributed by atoms with Crippen molar-refractivity contribution in [1.29, 1.82) is 0 Å². The molecule has 16 heavy (non-hydrogen) atoms. The third-order valence-electron chi connectivity index (χ3n) is 3.02. The van der Waals surface area contributed by atoms with E-state index >= 15 is 0 Å². The summed E-state index contributed by atoms with van der Waals surface area (Å²) in [6.07, 6.45) is 2.12. The van der Waals surface area contributed by atoms with Gasteiger partial charge in [0.15, 0.2) is 0 Å². The van der Waals surface area contributed by atoms with Gasteiger partial charge < -0.3 is 0 Å². The second-order valence-corrected chi connectivity index (χ2v) is 10.5. The summed E-state index contributed by atoms with van der Waals surface area (Å²) in [5.74, 6) is 3.33. The zero-order chi connectivity index (χ0) is 12.4. The Labute approximate surface area is 98.8 Å². The number of hydrogen-bond acceptors (Lipinski definition) is 2. The van der Waals surface area contributed by atoms with Gasteiger partial charge in [0.1, 0.15) is 19.6 Å². The van der Waals surface area contributed by atoms with Crippen molar-refractivity contribution in [2.45, 2.75) is 52.2 Å². The van der Waals surface area contributed by atoms with Gasteiger partial charge in [-0.15, -0.1) is 11.5 Å². The average Bonchev–Trinajstić information content (AvgIpc) is 2.40. The lowest BCUT2D eigenvalue weighted by atomic mass is 9.82. The summed E-state index contributed by atoms with van der Waals surface area (Å²) in [4.78, 5) is 23.3. The SMILES string of the molecule is CC1(CCC#C[Si](C)(C)C)C(=O)CCC1=O. The monoisotopic (exact) mass is 236 g/mol. The minimum absolute atomic E-state index is 0.104. The maximum Gasteiger partial charge on any atom is 0.146 e. The van der Waals surface area contributed by atoms with Crippen LogP contribution in [0.5, 0.6) is 0 Å². The molecule has 0 aromatic rings. The molecule has 0 N–H and O–H groups in total. The molecule has 1 fully saturated rings. The molecule has 0 radical (unpaired) electrons. The van der Waals surface area contributed by atoms with Gasteiger partial charge in [-0.2, -0.15) is 0 Å². The van der Waals surface area contributed by atoms with Gasteiger partial charge in [-0.05, 0) is 13.3 Å². The molecule has 0 heterocycles. The number of Topliss-reactive ketones (excluding diaryl/α,β-unsaturated/α-hetero) is 2. The van der Waals surface area contributed by atoms with E-state index in [1.54, 1.807) is 6.92 Å². The molecule has 1 rings (SSSR count). The molecule has 0 atom stereocenters. The van der Waals surface area contributed by atoms with E-state index in [0.29, 0.717) is 25.7 Å². The molecular weight excluding hydrogens is 216 g/mol. The first-order chi connectivity index (χ1) is 7.26. The van der Waals surface area contributed by atoms with Crippen LogP contribution in [0.15, 0.2) is 0 Å². The Hall–Kier alpha value is -0.883.